The molecule has 2 nitrogen and oxygen atoms in total. The quantitative estimate of drug-likeness (QED) is 0.791. The fourth-order valence-electron chi connectivity index (χ4n) is 1.43. The lowest BCUT2D eigenvalue weighted by molar-refractivity contribution is 0.629. The smallest absolute Gasteiger partial charge is 0.127 e. The van der Waals surface area contributed by atoms with Gasteiger partial charge in [0.05, 0.1) is 10.7 Å². The third kappa shape index (κ3) is 3.02. The van der Waals surface area contributed by atoms with Crippen molar-refractivity contribution in [2.45, 2.75) is 0 Å². The molecule has 0 aliphatic rings. The van der Waals surface area contributed by atoms with Gasteiger partial charge in [0, 0.05) is 16.4 Å². The summed E-state index contributed by atoms with van der Waals surface area (Å²) in [5.74, 6) is -0.411. The molecule has 0 atom stereocenters. The molecule has 5 heteroatoms. The van der Waals surface area contributed by atoms with Gasteiger partial charge in [-0.25, -0.2) is 4.39 Å². The maximum absolute atomic E-state index is 13.1. The molecule has 3 N–H and O–H groups in total. The summed E-state index contributed by atoms with van der Waals surface area (Å²) < 4.78 is 13.1. The second-order valence-electron chi connectivity index (χ2n) is 3.52. The molecule has 17 heavy (non-hydrogen) atoms. The molecule has 0 fully saturated rings. The molecule has 0 aliphatic heterocycles. The summed E-state index contributed by atoms with van der Waals surface area (Å²) in [6, 6.07) is 9.17. The molecule has 2 aromatic rings. The van der Waals surface area contributed by atoms with Crippen molar-refractivity contribution in [2.75, 3.05) is 11.1 Å². The van der Waals surface area contributed by atoms with Crippen LogP contribution in [-0.4, -0.2) is 0 Å². The van der Waals surface area contributed by atoms with E-state index in [0.29, 0.717) is 27.1 Å². The van der Waals surface area contributed by atoms with Crippen LogP contribution in [0.3, 0.4) is 0 Å². The van der Waals surface area contributed by atoms with Crippen LogP contribution in [0.4, 0.5) is 21.5 Å². The van der Waals surface area contributed by atoms with Crippen LogP contribution in [0.25, 0.3) is 0 Å². The Balaban J connectivity index is 2.34. The summed E-state index contributed by atoms with van der Waals surface area (Å²) in [6.45, 7) is 0. The van der Waals surface area contributed by atoms with Crippen LogP contribution in [0.2, 0.25) is 10.0 Å². The molecule has 2 aromatic carbocycles. The average Bonchev–Trinajstić information content (AvgIpc) is 2.22. The number of anilines is 3. The normalized spacial score (nSPS) is 10.3. The number of hydrogen-bond donors (Lipinski definition) is 2. The van der Waals surface area contributed by atoms with Crippen LogP contribution in [0.1, 0.15) is 0 Å². The second-order valence-corrected chi connectivity index (χ2v) is 4.37. The number of nitrogen functional groups attached to an aromatic ring is 1. The SMILES string of the molecule is Nc1cc(F)cc(Nc2cc(Cl)ccc2Cl)c1. The molecule has 0 bridgehead atoms. The van der Waals surface area contributed by atoms with Gasteiger partial charge in [-0.2, -0.15) is 0 Å². The molecule has 0 unspecified atom stereocenters. The number of halogens is 3. The fraction of sp³-hybridized carbons (Fsp3) is 0. The van der Waals surface area contributed by atoms with Gasteiger partial charge in [-0.05, 0) is 36.4 Å². The van der Waals surface area contributed by atoms with Gasteiger partial charge in [0.1, 0.15) is 5.82 Å². The highest BCUT2D eigenvalue weighted by atomic mass is 35.5. The zero-order valence-electron chi connectivity index (χ0n) is 8.68. The maximum atomic E-state index is 13.1. The topological polar surface area (TPSA) is 38.0 Å². The van der Waals surface area contributed by atoms with Crippen molar-refractivity contribution in [2.24, 2.45) is 0 Å². The predicted octanol–water partition coefficient (Wildman–Crippen LogP) is 4.46. The first-order valence-electron chi connectivity index (χ1n) is 4.83. The Morgan fingerprint density at radius 2 is 1.82 bits per heavy atom. The minimum absolute atomic E-state index is 0.339. The minimum atomic E-state index is -0.411. The molecule has 0 amide bonds. The van der Waals surface area contributed by atoms with Crippen molar-refractivity contribution in [3.8, 4) is 0 Å². The van der Waals surface area contributed by atoms with Crippen molar-refractivity contribution >= 4 is 40.3 Å². The van der Waals surface area contributed by atoms with Gasteiger partial charge < -0.3 is 11.1 Å². The standard InChI is InChI=1S/C12H9Cl2FN2/c13-7-1-2-11(14)12(3-7)17-10-5-8(15)4-9(16)6-10/h1-6,17H,16H2. The molecule has 88 valence electrons. The third-order valence-electron chi connectivity index (χ3n) is 2.13. The lowest BCUT2D eigenvalue weighted by atomic mass is 10.2. The summed E-state index contributed by atoms with van der Waals surface area (Å²) in [4.78, 5) is 0. The van der Waals surface area contributed by atoms with E-state index in [9.17, 15) is 4.39 Å². The van der Waals surface area contributed by atoms with Crippen LogP contribution in [0.15, 0.2) is 36.4 Å². The number of rotatable bonds is 2. The second kappa shape index (κ2) is 4.82. The van der Waals surface area contributed by atoms with Crippen LogP contribution in [0, 0.1) is 5.82 Å². The molecule has 0 saturated carbocycles. The lowest BCUT2D eigenvalue weighted by Gasteiger charge is -2.09. The van der Waals surface area contributed by atoms with E-state index in [0.717, 1.165) is 0 Å². The molecular formula is C12H9Cl2FN2. The Labute approximate surface area is 108 Å². The highest BCUT2D eigenvalue weighted by molar-refractivity contribution is 6.35. The molecule has 0 radical (unpaired) electrons. The summed E-state index contributed by atoms with van der Waals surface area (Å²) in [7, 11) is 0. The van der Waals surface area contributed by atoms with Crippen molar-refractivity contribution in [1.29, 1.82) is 0 Å². The Morgan fingerprint density at radius 1 is 1.06 bits per heavy atom. The average molecular weight is 271 g/mol. The number of nitrogens with one attached hydrogen (secondary N) is 1. The molecule has 0 spiro atoms. The molecule has 0 saturated heterocycles. The first-order chi connectivity index (χ1) is 8.04. The molecule has 0 heterocycles. The van der Waals surface area contributed by atoms with E-state index in [2.05, 4.69) is 5.32 Å². The highest BCUT2D eigenvalue weighted by Gasteiger charge is 2.03. The summed E-state index contributed by atoms with van der Waals surface area (Å²) >= 11 is 11.8. The van der Waals surface area contributed by atoms with E-state index in [4.69, 9.17) is 28.9 Å². The Morgan fingerprint density at radius 3 is 2.53 bits per heavy atom. The monoisotopic (exact) mass is 270 g/mol. The Hall–Kier alpha value is -1.45. The van der Waals surface area contributed by atoms with E-state index < -0.39 is 5.82 Å². The lowest BCUT2D eigenvalue weighted by Crippen LogP contribution is -1.94. The summed E-state index contributed by atoms with van der Waals surface area (Å²) in [5, 5.41) is 4.00. The van der Waals surface area contributed by atoms with Gasteiger partial charge >= 0.3 is 0 Å². The number of hydrogen-bond acceptors (Lipinski definition) is 2. The van der Waals surface area contributed by atoms with Crippen LogP contribution >= 0.6 is 23.2 Å². The van der Waals surface area contributed by atoms with E-state index in [-0.39, 0.29) is 0 Å². The van der Waals surface area contributed by atoms with E-state index in [1.54, 1.807) is 24.3 Å². The van der Waals surface area contributed by atoms with Gasteiger partial charge in [-0.1, -0.05) is 23.2 Å². The third-order valence-corrected chi connectivity index (χ3v) is 2.69. The van der Waals surface area contributed by atoms with E-state index in [1.807, 2.05) is 0 Å². The predicted molar refractivity (Wildman–Crippen MR) is 70.6 cm³/mol. The first kappa shape index (κ1) is 12.0. The maximum Gasteiger partial charge on any atom is 0.127 e. The van der Waals surface area contributed by atoms with Crippen LogP contribution in [-0.2, 0) is 0 Å². The van der Waals surface area contributed by atoms with Crippen LogP contribution < -0.4 is 11.1 Å². The minimum Gasteiger partial charge on any atom is -0.399 e. The van der Waals surface area contributed by atoms with Crippen molar-refractivity contribution < 1.29 is 4.39 Å². The zero-order chi connectivity index (χ0) is 12.4. The van der Waals surface area contributed by atoms with Crippen molar-refractivity contribution in [3.63, 3.8) is 0 Å². The largest absolute Gasteiger partial charge is 0.399 e. The van der Waals surface area contributed by atoms with Crippen molar-refractivity contribution in [1.82, 2.24) is 0 Å². The molecule has 0 aliphatic carbocycles. The van der Waals surface area contributed by atoms with Crippen molar-refractivity contribution in [3.05, 3.63) is 52.3 Å². The Bertz CT molecular complexity index is 538. The molecule has 2 rings (SSSR count). The highest BCUT2D eigenvalue weighted by Crippen LogP contribution is 2.29. The number of nitrogens with two attached hydrogens (primary N) is 1. The van der Waals surface area contributed by atoms with Gasteiger partial charge in [0.25, 0.3) is 0 Å². The molecule has 0 aromatic heterocycles. The van der Waals surface area contributed by atoms with Gasteiger partial charge in [-0.15, -0.1) is 0 Å². The summed E-state index contributed by atoms with van der Waals surface area (Å²) in [5.41, 5.74) is 7.00. The van der Waals surface area contributed by atoms with Crippen LogP contribution in [0.5, 0.6) is 0 Å². The van der Waals surface area contributed by atoms with Gasteiger partial charge in [-0.3, -0.25) is 0 Å². The number of benzene rings is 2. The van der Waals surface area contributed by atoms with Gasteiger partial charge in [0.2, 0.25) is 0 Å². The first-order valence-corrected chi connectivity index (χ1v) is 5.58. The Kier molecular flexibility index (Phi) is 3.41. The zero-order valence-corrected chi connectivity index (χ0v) is 10.2. The summed E-state index contributed by atoms with van der Waals surface area (Å²) in [6.07, 6.45) is 0. The fourth-order valence-corrected chi connectivity index (χ4v) is 1.77. The van der Waals surface area contributed by atoms with E-state index >= 15 is 0 Å². The molecular weight excluding hydrogens is 262 g/mol. The van der Waals surface area contributed by atoms with E-state index in [1.165, 1.54) is 12.1 Å². The van der Waals surface area contributed by atoms with Gasteiger partial charge in [0.15, 0.2) is 0 Å².